The molecular weight excluding hydrogens is 260 g/mol. The minimum Gasteiger partial charge on any atom is -0.300 e. The summed E-state index contributed by atoms with van der Waals surface area (Å²) < 4.78 is 0. The smallest absolute Gasteiger partial charge is 0.116 e. The van der Waals surface area contributed by atoms with Gasteiger partial charge in [-0.05, 0) is 71.8 Å². The van der Waals surface area contributed by atoms with E-state index < -0.39 is 5.54 Å². The van der Waals surface area contributed by atoms with E-state index in [9.17, 15) is 5.26 Å². The van der Waals surface area contributed by atoms with Crippen molar-refractivity contribution in [3.8, 4) is 6.07 Å². The summed E-state index contributed by atoms with van der Waals surface area (Å²) in [6.45, 7) is 10.9. The van der Waals surface area contributed by atoms with E-state index in [0.717, 1.165) is 38.6 Å². The molecule has 0 aromatic rings. The van der Waals surface area contributed by atoms with Gasteiger partial charge in [-0.3, -0.25) is 5.32 Å². The molecule has 2 fully saturated rings. The number of likely N-dealkylation sites (tertiary alicyclic amines) is 2. The van der Waals surface area contributed by atoms with Crippen molar-refractivity contribution in [2.45, 2.75) is 64.0 Å². The minimum atomic E-state index is -0.395. The van der Waals surface area contributed by atoms with Gasteiger partial charge in [0, 0.05) is 12.6 Å². The highest BCUT2D eigenvalue weighted by atomic mass is 15.2. The summed E-state index contributed by atoms with van der Waals surface area (Å²) in [5, 5.41) is 12.9. The lowest BCUT2D eigenvalue weighted by Crippen LogP contribution is -2.54. The van der Waals surface area contributed by atoms with Crippen LogP contribution in [0.5, 0.6) is 0 Å². The molecule has 0 radical (unpaired) electrons. The van der Waals surface area contributed by atoms with Crippen molar-refractivity contribution in [3.63, 3.8) is 0 Å². The highest BCUT2D eigenvalue weighted by Crippen LogP contribution is 2.21. The lowest BCUT2D eigenvalue weighted by Gasteiger charge is -2.41. The summed E-state index contributed by atoms with van der Waals surface area (Å²) in [6, 6.07) is 3.26. The zero-order valence-corrected chi connectivity index (χ0v) is 13.9. The summed E-state index contributed by atoms with van der Waals surface area (Å²) >= 11 is 0. The Morgan fingerprint density at radius 2 is 1.81 bits per heavy atom. The largest absolute Gasteiger partial charge is 0.300 e. The van der Waals surface area contributed by atoms with Gasteiger partial charge in [0.25, 0.3) is 0 Å². The van der Waals surface area contributed by atoms with Gasteiger partial charge in [-0.25, -0.2) is 0 Å². The molecule has 4 nitrogen and oxygen atoms in total. The molecule has 1 unspecified atom stereocenters. The lowest BCUT2D eigenvalue weighted by molar-refractivity contribution is 0.0843. The van der Waals surface area contributed by atoms with E-state index in [2.05, 4.69) is 28.1 Å². The Labute approximate surface area is 130 Å². The molecule has 2 saturated heterocycles. The SMILES string of the molecule is CCCNC(C)(C#N)CN1CCC(N2CCCCC2)CC1. The molecule has 2 rings (SSSR count). The van der Waals surface area contributed by atoms with E-state index in [1.807, 2.05) is 6.92 Å². The maximum absolute atomic E-state index is 9.45. The second-order valence-electron chi connectivity index (χ2n) is 6.97. The number of nitrogens with zero attached hydrogens (tertiary/aromatic N) is 3. The van der Waals surface area contributed by atoms with E-state index in [4.69, 9.17) is 0 Å². The maximum Gasteiger partial charge on any atom is 0.116 e. The summed E-state index contributed by atoms with van der Waals surface area (Å²) in [7, 11) is 0. The second kappa shape index (κ2) is 8.12. The molecule has 2 aliphatic heterocycles. The number of hydrogen-bond donors (Lipinski definition) is 1. The molecule has 4 heteroatoms. The van der Waals surface area contributed by atoms with E-state index in [1.54, 1.807) is 0 Å². The van der Waals surface area contributed by atoms with Gasteiger partial charge in [-0.2, -0.15) is 5.26 Å². The minimum absolute atomic E-state index is 0.395. The molecule has 0 aromatic carbocycles. The first-order chi connectivity index (χ1) is 10.2. The van der Waals surface area contributed by atoms with Crippen molar-refractivity contribution in [1.82, 2.24) is 15.1 Å². The van der Waals surface area contributed by atoms with Crippen LogP contribution in [0.2, 0.25) is 0 Å². The van der Waals surface area contributed by atoms with Crippen LogP contribution >= 0.6 is 0 Å². The highest BCUT2D eigenvalue weighted by molar-refractivity contribution is 5.06. The van der Waals surface area contributed by atoms with Crippen LogP contribution in [-0.2, 0) is 0 Å². The van der Waals surface area contributed by atoms with Crippen molar-refractivity contribution in [2.75, 3.05) is 39.3 Å². The zero-order chi connectivity index (χ0) is 15.1. The molecule has 1 atom stereocenters. The van der Waals surface area contributed by atoms with Crippen LogP contribution in [0.3, 0.4) is 0 Å². The summed E-state index contributed by atoms with van der Waals surface area (Å²) in [5.74, 6) is 0. The summed E-state index contributed by atoms with van der Waals surface area (Å²) in [4.78, 5) is 5.19. The molecule has 0 spiro atoms. The number of rotatable bonds is 6. The fourth-order valence-electron chi connectivity index (χ4n) is 3.70. The first-order valence-corrected chi connectivity index (χ1v) is 8.79. The molecule has 1 N–H and O–H groups in total. The van der Waals surface area contributed by atoms with E-state index in [-0.39, 0.29) is 0 Å². The standard InChI is InChI=1S/C17H32N4/c1-3-9-19-17(2,14-18)15-20-12-7-16(8-13-20)21-10-5-4-6-11-21/h16,19H,3-13,15H2,1-2H3. The van der Waals surface area contributed by atoms with Gasteiger partial charge in [0.1, 0.15) is 5.54 Å². The third kappa shape index (κ3) is 4.95. The Hall–Kier alpha value is -0.630. The molecule has 0 amide bonds. The van der Waals surface area contributed by atoms with Crippen molar-refractivity contribution in [3.05, 3.63) is 0 Å². The summed E-state index contributed by atoms with van der Waals surface area (Å²) in [5.41, 5.74) is -0.395. The molecule has 21 heavy (non-hydrogen) atoms. The number of nitrogens with one attached hydrogen (secondary N) is 1. The zero-order valence-electron chi connectivity index (χ0n) is 13.9. The maximum atomic E-state index is 9.45. The number of nitriles is 1. The molecule has 0 aromatic heterocycles. The predicted molar refractivity (Wildman–Crippen MR) is 87.2 cm³/mol. The van der Waals surface area contributed by atoms with Crippen LogP contribution in [0, 0.1) is 11.3 Å². The highest BCUT2D eigenvalue weighted by Gasteiger charge is 2.30. The van der Waals surface area contributed by atoms with Crippen molar-refractivity contribution in [2.24, 2.45) is 0 Å². The molecule has 0 aliphatic carbocycles. The van der Waals surface area contributed by atoms with Crippen LogP contribution in [0.25, 0.3) is 0 Å². The van der Waals surface area contributed by atoms with E-state index >= 15 is 0 Å². The second-order valence-corrected chi connectivity index (χ2v) is 6.97. The molecule has 2 aliphatic rings. The molecule has 0 saturated carbocycles. The van der Waals surface area contributed by atoms with Gasteiger partial charge in [0.15, 0.2) is 0 Å². The number of hydrogen-bond acceptors (Lipinski definition) is 4. The first-order valence-electron chi connectivity index (χ1n) is 8.79. The predicted octanol–water partition coefficient (Wildman–Crippen LogP) is 2.22. The Morgan fingerprint density at radius 1 is 1.14 bits per heavy atom. The lowest BCUT2D eigenvalue weighted by atomic mass is 9.97. The van der Waals surface area contributed by atoms with Crippen molar-refractivity contribution < 1.29 is 0 Å². The third-order valence-electron chi connectivity index (χ3n) is 5.02. The van der Waals surface area contributed by atoms with Crippen molar-refractivity contribution >= 4 is 0 Å². The van der Waals surface area contributed by atoms with Crippen molar-refractivity contribution in [1.29, 1.82) is 5.26 Å². The Balaban J connectivity index is 1.76. The molecule has 120 valence electrons. The van der Waals surface area contributed by atoms with Gasteiger partial charge >= 0.3 is 0 Å². The topological polar surface area (TPSA) is 42.3 Å². The fraction of sp³-hybridized carbons (Fsp3) is 0.941. The molecular formula is C17H32N4. The third-order valence-corrected chi connectivity index (χ3v) is 5.02. The van der Waals surface area contributed by atoms with Crippen LogP contribution in [0.15, 0.2) is 0 Å². The van der Waals surface area contributed by atoms with Crippen LogP contribution in [-0.4, -0.2) is 60.6 Å². The van der Waals surface area contributed by atoms with Crippen LogP contribution < -0.4 is 5.32 Å². The molecule has 0 bridgehead atoms. The average Bonchev–Trinajstić information content (AvgIpc) is 2.54. The Morgan fingerprint density at radius 3 is 2.38 bits per heavy atom. The quantitative estimate of drug-likeness (QED) is 0.815. The monoisotopic (exact) mass is 292 g/mol. The van der Waals surface area contributed by atoms with Crippen LogP contribution in [0.4, 0.5) is 0 Å². The normalized spacial score (nSPS) is 25.4. The first kappa shape index (κ1) is 16.7. The Bertz CT molecular complexity index is 337. The summed E-state index contributed by atoms with van der Waals surface area (Å²) in [6.07, 6.45) is 7.80. The average molecular weight is 292 g/mol. The van der Waals surface area contributed by atoms with E-state index in [0.29, 0.717) is 0 Å². The molecule has 2 heterocycles. The van der Waals surface area contributed by atoms with Gasteiger partial charge in [-0.1, -0.05) is 13.3 Å². The number of piperidine rings is 2. The van der Waals surface area contributed by atoms with Gasteiger partial charge in [0.05, 0.1) is 6.07 Å². The Kier molecular flexibility index (Phi) is 6.47. The van der Waals surface area contributed by atoms with Gasteiger partial charge in [-0.15, -0.1) is 0 Å². The fourth-order valence-corrected chi connectivity index (χ4v) is 3.70. The van der Waals surface area contributed by atoms with Crippen LogP contribution in [0.1, 0.15) is 52.4 Å². The van der Waals surface area contributed by atoms with E-state index in [1.165, 1.54) is 45.2 Å². The van der Waals surface area contributed by atoms with Gasteiger partial charge in [0.2, 0.25) is 0 Å². The van der Waals surface area contributed by atoms with Gasteiger partial charge < -0.3 is 9.80 Å².